The molecule has 0 fully saturated rings. The van der Waals surface area contributed by atoms with Crippen LogP contribution in [0.3, 0.4) is 0 Å². The second-order valence-corrected chi connectivity index (χ2v) is 4.83. The fraction of sp³-hybridized carbons (Fsp3) is 0.231. The minimum absolute atomic E-state index is 0.0957. The van der Waals surface area contributed by atoms with Crippen LogP contribution in [-0.4, -0.2) is 34.4 Å². The van der Waals surface area contributed by atoms with E-state index >= 15 is 0 Å². The highest BCUT2D eigenvalue weighted by molar-refractivity contribution is 7.13. The van der Waals surface area contributed by atoms with Gasteiger partial charge in [0.05, 0.1) is 18.2 Å². The Kier molecular flexibility index (Phi) is 4.21. The standard InChI is InChI=1S/C13H12N4OS/c1-17(6-4-14)12(18)7-11-9-19-13(16-11)10-3-2-5-15-8-10/h2-3,5,8-9H,6-7H2,1H3. The van der Waals surface area contributed by atoms with E-state index in [1.807, 2.05) is 23.6 Å². The van der Waals surface area contributed by atoms with Crippen molar-refractivity contribution in [3.8, 4) is 16.6 Å². The van der Waals surface area contributed by atoms with E-state index in [4.69, 9.17) is 5.26 Å². The molecule has 0 aliphatic rings. The van der Waals surface area contributed by atoms with E-state index in [9.17, 15) is 4.79 Å². The molecule has 0 N–H and O–H groups in total. The highest BCUT2D eigenvalue weighted by atomic mass is 32.1. The van der Waals surface area contributed by atoms with E-state index in [1.165, 1.54) is 16.2 Å². The molecule has 6 heteroatoms. The predicted octanol–water partition coefficient (Wildman–Crippen LogP) is 1.73. The van der Waals surface area contributed by atoms with Gasteiger partial charge in [0.25, 0.3) is 0 Å². The summed E-state index contributed by atoms with van der Waals surface area (Å²) in [4.78, 5) is 21.6. The van der Waals surface area contributed by atoms with Crippen molar-refractivity contribution in [1.82, 2.24) is 14.9 Å². The minimum Gasteiger partial charge on any atom is -0.332 e. The molecule has 1 amide bonds. The highest BCUT2D eigenvalue weighted by Gasteiger charge is 2.12. The van der Waals surface area contributed by atoms with Gasteiger partial charge in [-0.1, -0.05) is 0 Å². The molecule has 0 spiro atoms. The van der Waals surface area contributed by atoms with E-state index in [0.717, 1.165) is 16.3 Å². The lowest BCUT2D eigenvalue weighted by atomic mass is 10.3. The first-order valence-corrected chi connectivity index (χ1v) is 6.54. The first kappa shape index (κ1) is 13.2. The Morgan fingerprint density at radius 1 is 1.58 bits per heavy atom. The number of likely N-dealkylation sites (N-methyl/N-ethyl adjacent to an activating group) is 1. The molecule has 2 aromatic rings. The number of aromatic nitrogens is 2. The lowest BCUT2D eigenvalue weighted by molar-refractivity contribution is -0.128. The summed E-state index contributed by atoms with van der Waals surface area (Å²) in [6, 6.07) is 5.72. The number of hydrogen-bond donors (Lipinski definition) is 0. The lowest BCUT2D eigenvalue weighted by Crippen LogP contribution is -2.28. The SMILES string of the molecule is CN(CC#N)C(=O)Cc1csc(-c2cccnc2)n1. The molecule has 5 nitrogen and oxygen atoms in total. The maximum Gasteiger partial charge on any atom is 0.229 e. The summed E-state index contributed by atoms with van der Waals surface area (Å²) in [5.74, 6) is -0.107. The molecule has 2 aromatic heterocycles. The second kappa shape index (κ2) is 6.07. The van der Waals surface area contributed by atoms with Crippen molar-refractivity contribution in [2.24, 2.45) is 0 Å². The zero-order chi connectivity index (χ0) is 13.7. The van der Waals surface area contributed by atoms with Crippen LogP contribution in [0.5, 0.6) is 0 Å². The quantitative estimate of drug-likeness (QED) is 0.795. The van der Waals surface area contributed by atoms with Crippen molar-refractivity contribution >= 4 is 17.2 Å². The van der Waals surface area contributed by atoms with Gasteiger partial charge in [0.2, 0.25) is 5.91 Å². The van der Waals surface area contributed by atoms with Crippen molar-refractivity contribution < 1.29 is 4.79 Å². The van der Waals surface area contributed by atoms with E-state index in [2.05, 4.69) is 9.97 Å². The van der Waals surface area contributed by atoms with Crippen molar-refractivity contribution in [3.05, 3.63) is 35.6 Å². The molecule has 96 valence electrons. The molecule has 0 atom stereocenters. The van der Waals surface area contributed by atoms with Crippen LogP contribution >= 0.6 is 11.3 Å². The zero-order valence-electron chi connectivity index (χ0n) is 10.4. The van der Waals surface area contributed by atoms with Gasteiger partial charge in [0, 0.05) is 30.4 Å². The van der Waals surface area contributed by atoms with Crippen molar-refractivity contribution in [2.45, 2.75) is 6.42 Å². The van der Waals surface area contributed by atoms with E-state index in [-0.39, 0.29) is 18.9 Å². The van der Waals surface area contributed by atoms with Gasteiger partial charge in [-0.2, -0.15) is 5.26 Å². The zero-order valence-corrected chi connectivity index (χ0v) is 11.2. The summed E-state index contributed by atoms with van der Waals surface area (Å²) < 4.78 is 0. The Morgan fingerprint density at radius 2 is 2.42 bits per heavy atom. The third-order valence-electron chi connectivity index (χ3n) is 2.53. The van der Waals surface area contributed by atoms with Gasteiger partial charge in [-0.3, -0.25) is 9.78 Å². The number of nitriles is 1. The second-order valence-electron chi connectivity index (χ2n) is 3.97. The molecule has 0 bridgehead atoms. The van der Waals surface area contributed by atoms with Crippen LogP contribution in [0.4, 0.5) is 0 Å². The lowest BCUT2D eigenvalue weighted by Gasteiger charge is -2.11. The Hall–Kier alpha value is -2.26. The number of nitrogens with zero attached hydrogens (tertiary/aromatic N) is 4. The molecular formula is C13H12N4OS. The fourth-order valence-electron chi connectivity index (χ4n) is 1.49. The summed E-state index contributed by atoms with van der Waals surface area (Å²) >= 11 is 1.48. The molecule has 0 saturated carbocycles. The average Bonchev–Trinajstić information content (AvgIpc) is 2.88. The molecule has 0 aliphatic carbocycles. The molecule has 0 aromatic carbocycles. The Balaban J connectivity index is 2.06. The first-order chi connectivity index (χ1) is 9.20. The number of hydrogen-bond acceptors (Lipinski definition) is 5. The molecule has 0 radical (unpaired) electrons. The minimum atomic E-state index is -0.107. The Labute approximate surface area is 115 Å². The molecule has 2 rings (SSSR count). The Bertz CT molecular complexity index is 603. The largest absolute Gasteiger partial charge is 0.332 e. The van der Waals surface area contributed by atoms with E-state index in [1.54, 1.807) is 19.4 Å². The average molecular weight is 272 g/mol. The van der Waals surface area contributed by atoms with Crippen molar-refractivity contribution in [1.29, 1.82) is 5.26 Å². The number of amides is 1. The molecule has 0 aliphatic heterocycles. The van der Waals surface area contributed by atoms with Crippen molar-refractivity contribution in [3.63, 3.8) is 0 Å². The molecular weight excluding hydrogens is 260 g/mol. The van der Waals surface area contributed by atoms with Crippen molar-refractivity contribution in [2.75, 3.05) is 13.6 Å². The maximum absolute atomic E-state index is 11.8. The number of pyridine rings is 1. The number of carbonyl (C=O) groups excluding carboxylic acids is 1. The van der Waals surface area contributed by atoms with Gasteiger partial charge in [-0.05, 0) is 12.1 Å². The number of rotatable bonds is 4. The van der Waals surface area contributed by atoms with Gasteiger partial charge in [-0.15, -0.1) is 11.3 Å². The van der Waals surface area contributed by atoms with Crippen LogP contribution in [0.1, 0.15) is 5.69 Å². The van der Waals surface area contributed by atoms with Gasteiger partial charge in [0.1, 0.15) is 11.6 Å². The topological polar surface area (TPSA) is 69.9 Å². The molecule has 0 unspecified atom stereocenters. The molecule has 0 saturated heterocycles. The van der Waals surface area contributed by atoms with Gasteiger partial charge in [-0.25, -0.2) is 4.98 Å². The third kappa shape index (κ3) is 3.36. The third-order valence-corrected chi connectivity index (χ3v) is 3.47. The van der Waals surface area contributed by atoms with Crippen LogP contribution in [-0.2, 0) is 11.2 Å². The van der Waals surface area contributed by atoms with E-state index in [0.29, 0.717) is 0 Å². The summed E-state index contributed by atoms with van der Waals surface area (Å²) in [6.45, 7) is 0.0957. The summed E-state index contributed by atoms with van der Waals surface area (Å²) in [6.07, 6.45) is 3.67. The predicted molar refractivity (Wildman–Crippen MR) is 72.3 cm³/mol. The van der Waals surface area contributed by atoms with Crippen LogP contribution in [0.25, 0.3) is 10.6 Å². The van der Waals surface area contributed by atoms with Crippen LogP contribution < -0.4 is 0 Å². The number of carbonyl (C=O) groups is 1. The molecule has 2 heterocycles. The summed E-state index contributed by atoms with van der Waals surface area (Å²) in [5.41, 5.74) is 1.66. The van der Waals surface area contributed by atoms with Gasteiger partial charge in [0.15, 0.2) is 0 Å². The molecule has 19 heavy (non-hydrogen) atoms. The highest BCUT2D eigenvalue weighted by Crippen LogP contribution is 2.22. The van der Waals surface area contributed by atoms with Crippen LogP contribution in [0, 0.1) is 11.3 Å². The van der Waals surface area contributed by atoms with E-state index < -0.39 is 0 Å². The van der Waals surface area contributed by atoms with Gasteiger partial charge < -0.3 is 4.90 Å². The number of thiazole rings is 1. The Morgan fingerprint density at radius 3 is 3.11 bits per heavy atom. The van der Waals surface area contributed by atoms with Crippen LogP contribution in [0.2, 0.25) is 0 Å². The monoisotopic (exact) mass is 272 g/mol. The maximum atomic E-state index is 11.8. The smallest absolute Gasteiger partial charge is 0.229 e. The fourth-order valence-corrected chi connectivity index (χ4v) is 2.30. The van der Waals surface area contributed by atoms with Gasteiger partial charge >= 0.3 is 0 Å². The normalized spacial score (nSPS) is 9.89. The summed E-state index contributed by atoms with van der Waals surface area (Å²) in [5, 5.41) is 11.2. The first-order valence-electron chi connectivity index (χ1n) is 5.66. The van der Waals surface area contributed by atoms with Crippen LogP contribution in [0.15, 0.2) is 29.9 Å². The summed E-state index contributed by atoms with van der Waals surface area (Å²) in [7, 11) is 1.61.